The smallest absolute Gasteiger partial charge is 0.0582 e. The second kappa shape index (κ2) is 12.5. The first kappa shape index (κ1) is 36.6. The Morgan fingerprint density at radius 2 is 1.20 bits per heavy atom. The minimum atomic E-state index is -0.0142. The summed E-state index contributed by atoms with van der Waals surface area (Å²) >= 11 is 2.46. The molecule has 0 saturated heterocycles. The van der Waals surface area contributed by atoms with E-state index in [1.807, 2.05) is 12.3 Å². The molecule has 6 heteroatoms. The van der Waals surface area contributed by atoms with Crippen molar-refractivity contribution in [1.29, 1.82) is 0 Å². The molecule has 0 N–H and O–H groups in total. The number of hydrogen-bond acceptors (Lipinski definition) is 2. The number of hydrogen-bond donors (Lipinski definition) is 0. The Morgan fingerprint density at radius 3 is 1.86 bits per heavy atom. The first-order chi connectivity index (χ1) is 26.5. The van der Waals surface area contributed by atoms with Crippen LogP contribution < -0.4 is 4.74 Å². The zero-order valence-corrected chi connectivity index (χ0v) is 36.3. The molecular weight excluding hydrogens is 868 g/mol. The van der Waals surface area contributed by atoms with E-state index < -0.39 is 0 Å². The molecule has 3 aromatic heterocycles. The number of aromatic nitrogens is 4. The van der Waals surface area contributed by atoms with Gasteiger partial charge >= 0.3 is 249 Å². The average Bonchev–Trinajstić information content (AvgIpc) is 3.67. The summed E-state index contributed by atoms with van der Waals surface area (Å²) in [6, 6.07) is 41.7. The van der Waals surface area contributed by atoms with Crippen molar-refractivity contribution in [1.82, 2.24) is 18.7 Å². The molecule has 0 radical (unpaired) electrons. The minimum Gasteiger partial charge on any atom is -0.0582 e. The molecule has 1 aliphatic rings. The van der Waals surface area contributed by atoms with Crippen LogP contribution in [0, 0.1) is 16.1 Å². The van der Waals surface area contributed by atoms with Gasteiger partial charge in [-0.05, 0) is 45.9 Å². The van der Waals surface area contributed by atoms with Crippen molar-refractivity contribution in [2.24, 2.45) is 5.41 Å². The van der Waals surface area contributed by atoms with Gasteiger partial charge in [-0.2, -0.15) is 0 Å². The molecule has 0 spiro atoms. The van der Waals surface area contributed by atoms with Gasteiger partial charge in [0.25, 0.3) is 0 Å². The summed E-state index contributed by atoms with van der Waals surface area (Å²) in [4.78, 5) is 4.92. The van der Waals surface area contributed by atoms with Crippen molar-refractivity contribution in [3.63, 3.8) is 0 Å². The van der Waals surface area contributed by atoms with E-state index in [1.54, 1.807) is 0 Å². The van der Waals surface area contributed by atoms with E-state index in [1.165, 1.54) is 38.5 Å². The van der Waals surface area contributed by atoms with Gasteiger partial charge in [0.1, 0.15) is 0 Å². The van der Waals surface area contributed by atoms with Gasteiger partial charge in [0, 0.05) is 6.20 Å². The Bertz CT molecular complexity index is 2930. The molecule has 9 rings (SSSR count). The second-order valence-electron chi connectivity index (χ2n) is 18.3. The van der Waals surface area contributed by atoms with Crippen molar-refractivity contribution >= 4 is 32.8 Å². The third-order valence-corrected chi connectivity index (χ3v) is 14.5. The number of rotatable bonds is 5. The third kappa shape index (κ3) is 5.37. The summed E-state index contributed by atoms with van der Waals surface area (Å²) in [5.74, 6) is 2.47. The molecule has 5 aromatic carbocycles. The molecule has 0 amide bonds. The molecule has 1 aliphatic carbocycles. The van der Waals surface area contributed by atoms with E-state index in [2.05, 4.69) is 211 Å². The molecule has 0 saturated carbocycles. The summed E-state index contributed by atoms with van der Waals surface area (Å²) in [6.07, 6.45) is 1.91. The Kier molecular flexibility index (Phi) is 8.18. The fraction of sp³-hybridized carbons (Fsp3) is 0.280. The van der Waals surface area contributed by atoms with Crippen LogP contribution in [-0.2, 0) is 35.6 Å². The second-order valence-corrected chi connectivity index (χ2v) is 19.3. The maximum atomic E-state index is 6.76. The van der Waals surface area contributed by atoms with Gasteiger partial charge in [0.2, 0.25) is 0 Å². The predicted molar refractivity (Wildman–Crippen MR) is 228 cm³/mol. The summed E-state index contributed by atoms with van der Waals surface area (Å²) < 4.78 is 14.8. The standard InChI is InChI=1S/C50H50N4O.Pt/c1-32-24-25-51-46(26-32)54-44-28-37(22-23-38(44)39-29-40-41(30-45(39)54)49(7,8)50(9,10)48(40,5)6)55-36-15-13-14-35(27-36)53-31-52(42-16-11-12-17-43(42)53)34-20-18-33(19-21-34)47(2,3)4;/h11-30H,1-10H3;. The van der Waals surface area contributed by atoms with E-state index >= 15 is 0 Å². The summed E-state index contributed by atoms with van der Waals surface area (Å²) in [5, 5.41) is 2.44. The predicted octanol–water partition coefficient (Wildman–Crippen LogP) is 13.0. The van der Waals surface area contributed by atoms with Gasteiger partial charge in [-0.15, -0.1) is 0 Å². The summed E-state index contributed by atoms with van der Waals surface area (Å²) in [7, 11) is 0. The summed E-state index contributed by atoms with van der Waals surface area (Å²) in [6.45, 7) is 23.4. The normalized spacial score (nSPS) is 15.9. The van der Waals surface area contributed by atoms with Crippen LogP contribution in [-0.4, -0.2) is 18.7 Å². The number of benzene rings is 5. The van der Waals surface area contributed by atoms with Gasteiger partial charge in [-0.3, -0.25) is 0 Å². The maximum absolute atomic E-state index is 6.76. The van der Waals surface area contributed by atoms with Gasteiger partial charge in [0.05, 0.1) is 0 Å². The van der Waals surface area contributed by atoms with E-state index in [-0.39, 0.29) is 21.7 Å². The van der Waals surface area contributed by atoms with Gasteiger partial charge in [0.15, 0.2) is 0 Å². The van der Waals surface area contributed by atoms with E-state index in [0.717, 1.165) is 49.0 Å². The minimum absolute atomic E-state index is 0.00313. The molecule has 286 valence electrons. The van der Waals surface area contributed by atoms with Crippen LogP contribution in [0.15, 0.2) is 121 Å². The van der Waals surface area contributed by atoms with Crippen LogP contribution in [0.25, 0.3) is 50.0 Å². The fourth-order valence-electron chi connectivity index (χ4n) is 9.02. The Labute approximate surface area is 341 Å². The van der Waals surface area contributed by atoms with Crippen LogP contribution >= 0.6 is 0 Å². The number of para-hydroxylation sites is 2. The molecule has 3 heterocycles. The monoisotopic (exact) mass is 917 g/mol. The molecule has 5 nitrogen and oxygen atoms in total. The topological polar surface area (TPSA) is 36.9 Å². The van der Waals surface area contributed by atoms with Crippen LogP contribution in [0.4, 0.5) is 0 Å². The zero-order chi connectivity index (χ0) is 39.5. The molecule has 56 heavy (non-hydrogen) atoms. The van der Waals surface area contributed by atoms with E-state index in [4.69, 9.17) is 9.72 Å². The van der Waals surface area contributed by atoms with E-state index in [0.29, 0.717) is 0 Å². The Balaban J connectivity index is 1.16. The summed E-state index contributed by atoms with van der Waals surface area (Å²) in [5.41, 5.74) is 12.2. The number of fused-ring (bicyclic) bond motifs is 5. The van der Waals surface area contributed by atoms with E-state index in [9.17, 15) is 0 Å². The Morgan fingerprint density at radius 1 is 0.571 bits per heavy atom. The third-order valence-electron chi connectivity index (χ3n) is 13.5. The first-order valence-electron chi connectivity index (χ1n) is 19.6. The van der Waals surface area contributed by atoms with Crippen molar-refractivity contribution in [2.45, 2.75) is 85.5 Å². The molecule has 0 fully saturated rings. The molecule has 0 unspecified atom stereocenters. The molecule has 0 atom stereocenters. The molecule has 0 aliphatic heterocycles. The van der Waals surface area contributed by atoms with Crippen molar-refractivity contribution < 1.29 is 24.1 Å². The van der Waals surface area contributed by atoms with Gasteiger partial charge < -0.3 is 0 Å². The number of aryl methyl sites for hydroxylation is 1. The van der Waals surface area contributed by atoms with Crippen LogP contribution in [0.2, 0.25) is 0 Å². The SMILES string of the molecule is Cc1ccnc(-n2c3cc(Oc4cccc(-n5[c](=[Pt])n(-c6ccc(C(C)(C)C)cc6)c6ccccc65)c4)ccc3c3cc4c(cc32)C(C)(C)C(C)(C)C4(C)C)c1. The number of pyridine rings is 1. The van der Waals surface area contributed by atoms with Gasteiger partial charge in [-0.25, -0.2) is 0 Å². The van der Waals surface area contributed by atoms with Crippen LogP contribution in [0.5, 0.6) is 11.5 Å². The fourth-order valence-corrected chi connectivity index (χ4v) is 10.2. The molecule has 8 aromatic rings. The number of imidazole rings is 1. The van der Waals surface area contributed by atoms with Crippen LogP contribution in [0.3, 0.4) is 0 Å². The van der Waals surface area contributed by atoms with Crippen LogP contribution in [0.1, 0.15) is 84.6 Å². The Hall–Kier alpha value is -4.99. The van der Waals surface area contributed by atoms with Gasteiger partial charge in [-0.1, -0.05) is 41.5 Å². The quantitative estimate of drug-likeness (QED) is 0.172. The van der Waals surface area contributed by atoms with Crippen molar-refractivity contribution in [2.75, 3.05) is 0 Å². The number of ether oxygens (including phenoxy) is 1. The zero-order valence-electron chi connectivity index (χ0n) is 34.1. The van der Waals surface area contributed by atoms with Crippen molar-refractivity contribution in [3.05, 3.63) is 148 Å². The molecular formula is C50H50N4OPt. The molecule has 0 bridgehead atoms. The number of nitrogens with zero attached hydrogens (tertiary/aromatic N) is 4. The van der Waals surface area contributed by atoms with Crippen molar-refractivity contribution in [3.8, 4) is 28.7 Å². The first-order valence-corrected chi connectivity index (χ1v) is 20.8. The average molecular weight is 918 g/mol.